The summed E-state index contributed by atoms with van der Waals surface area (Å²) in [6, 6.07) is 18.0. The van der Waals surface area contributed by atoms with Gasteiger partial charge in [-0.1, -0.05) is 48.6 Å². The Morgan fingerprint density at radius 3 is 2.59 bits per heavy atom. The van der Waals surface area contributed by atoms with Crippen LogP contribution in [0, 0.1) is 5.92 Å². The first-order valence-electron chi connectivity index (χ1n) is 9.61. The van der Waals surface area contributed by atoms with E-state index in [1.807, 2.05) is 42.6 Å². The van der Waals surface area contributed by atoms with Crippen LogP contribution < -0.4 is 5.32 Å². The van der Waals surface area contributed by atoms with Gasteiger partial charge in [0, 0.05) is 23.9 Å². The molecule has 6 heteroatoms. The van der Waals surface area contributed by atoms with Gasteiger partial charge in [0.15, 0.2) is 5.65 Å². The van der Waals surface area contributed by atoms with Crippen LogP contribution in [-0.4, -0.2) is 25.5 Å². The smallest absolute Gasteiger partial charge is 0.249 e. The normalized spacial score (nSPS) is 13.8. The molecular formula is C23H19N5O. The van der Waals surface area contributed by atoms with Crippen LogP contribution in [-0.2, 0) is 4.79 Å². The van der Waals surface area contributed by atoms with Gasteiger partial charge in [0.1, 0.15) is 0 Å². The number of benzene rings is 1. The van der Waals surface area contributed by atoms with E-state index in [1.54, 1.807) is 10.7 Å². The first-order chi connectivity index (χ1) is 14.3. The molecule has 0 spiro atoms. The third-order valence-corrected chi connectivity index (χ3v) is 4.90. The molecule has 0 radical (unpaired) electrons. The standard InChI is InChI=1S/C23H19N5O/c29-22(19-12-13-19)26-23-25-21-5-1-4-20(28(21)27-23)18-10-8-16(9-11-18)6-7-17-3-2-14-24-15-17/h1-11,14-15,19H,12-13H2,(H,26,27,29)/b7-6+. The van der Waals surface area contributed by atoms with Gasteiger partial charge in [-0.05, 0) is 42.2 Å². The lowest BCUT2D eigenvalue weighted by molar-refractivity contribution is -0.117. The number of aromatic nitrogens is 4. The van der Waals surface area contributed by atoms with Crippen molar-refractivity contribution in [2.24, 2.45) is 5.92 Å². The number of anilines is 1. The molecular weight excluding hydrogens is 362 g/mol. The topological polar surface area (TPSA) is 72.2 Å². The zero-order valence-electron chi connectivity index (χ0n) is 15.7. The highest BCUT2D eigenvalue weighted by molar-refractivity contribution is 5.92. The zero-order valence-corrected chi connectivity index (χ0v) is 15.7. The van der Waals surface area contributed by atoms with E-state index in [4.69, 9.17) is 0 Å². The van der Waals surface area contributed by atoms with E-state index in [0.29, 0.717) is 11.6 Å². The second kappa shape index (κ2) is 7.31. The fourth-order valence-corrected chi connectivity index (χ4v) is 3.17. The van der Waals surface area contributed by atoms with Crippen molar-refractivity contribution >= 4 is 29.7 Å². The molecule has 29 heavy (non-hydrogen) atoms. The number of rotatable bonds is 5. The van der Waals surface area contributed by atoms with E-state index in [2.05, 4.69) is 50.7 Å². The largest absolute Gasteiger partial charge is 0.293 e. The summed E-state index contributed by atoms with van der Waals surface area (Å²) in [6.07, 6.45) is 9.59. The third-order valence-electron chi connectivity index (χ3n) is 4.90. The summed E-state index contributed by atoms with van der Waals surface area (Å²) in [5.74, 6) is 0.478. The summed E-state index contributed by atoms with van der Waals surface area (Å²) < 4.78 is 1.77. The average molecular weight is 381 g/mol. The molecule has 3 heterocycles. The molecule has 1 aliphatic carbocycles. The van der Waals surface area contributed by atoms with Crippen LogP contribution in [0.5, 0.6) is 0 Å². The molecule has 0 bridgehead atoms. The number of hydrogen-bond acceptors (Lipinski definition) is 4. The molecule has 1 amide bonds. The lowest BCUT2D eigenvalue weighted by Crippen LogP contribution is -2.14. The minimum atomic E-state index is 0.00668. The average Bonchev–Trinajstić information content (AvgIpc) is 3.53. The van der Waals surface area contributed by atoms with Gasteiger partial charge in [-0.3, -0.25) is 15.1 Å². The van der Waals surface area contributed by atoms with Crippen LogP contribution in [0.3, 0.4) is 0 Å². The first-order valence-corrected chi connectivity index (χ1v) is 9.61. The summed E-state index contributed by atoms with van der Waals surface area (Å²) in [4.78, 5) is 20.5. The Kier molecular flexibility index (Phi) is 4.37. The van der Waals surface area contributed by atoms with Crippen molar-refractivity contribution in [3.05, 3.63) is 78.1 Å². The Bertz CT molecular complexity index is 1190. The molecule has 6 nitrogen and oxygen atoms in total. The molecule has 0 unspecified atom stereocenters. The van der Waals surface area contributed by atoms with E-state index in [9.17, 15) is 4.79 Å². The number of carbonyl (C=O) groups is 1. The van der Waals surface area contributed by atoms with Crippen LogP contribution in [0.2, 0.25) is 0 Å². The second-order valence-corrected chi connectivity index (χ2v) is 7.12. The Balaban J connectivity index is 1.40. The number of fused-ring (bicyclic) bond motifs is 1. The van der Waals surface area contributed by atoms with Gasteiger partial charge in [0.25, 0.3) is 0 Å². The van der Waals surface area contributed by atoms with Crippen molar-refractivity contribution in [2.45, 2.75) is 12.8 Å². The monoisotopic (exact) mass is 381 g/mol. The van der Waals surface area contributed by atoms with Gasteiger partial charge in [0.05, 0.1) is 5.69 Å². The molecule has 1 aliphatic rings. The minimum Gasteiger partial charge on any atom is -0.293 e. The number of nitrogens with one attached hydrogen (secondary N) is 1. The molecule has 1 aromatic carbocycles. The number of carbonyl (C=O) groups excluding carboxylic acids is 1. The first kappa shape index (κ1) is 17.3. The van der Waals surface area contributed by atoms with Gasteiger partial charge < -0.3 is 0 Å². The third kappa shape index (κ3) is 3.78. The van der Waals surface area contributed by atoms with E-state index in [1.165, 1.54) is 0 Å². The van der Waals surface area contributed by atoms with Crippen LogP contribution in [0.4, 0.5) is 5.95 Å². The molecule has 1 N–H and O–H groups in total. The quantitative estimate of drug-likeness (QED) is 0.559. The molecule has 3 aromatic heterocycles. The van der Waals surface area contributed by atoms with Gasteiger partial charge in [-0.15, -0.1) is 5.10 Å². The van der Waals surface area contributed by atoms with E-state index < -0.39 is 0 Å². The Hall–Kier alpha value is -3.80. The van der Waals surface area contributed by atoms with Gasteiger partial charge >= 0.3 is 0 Å². The summed E-state index contributed by atoms with van der Waals surface area (Å²) in [5.41, 5.74) is 4.81. The summed E-state index contributed by atoms with van der Waals surface area (Å²) in [6.45, 7) is 0. The predicted molar refractivity (Wildman–Crippen MR) is 113 cm³/mol. The highest BCUT2D eigenvalue weighted by Gasteiger charge is 2.30. The Labute approximate surface area is 167 Å². The van der Waals surface area contributed by atoms with Crippen molar-refractivity contribution in [2.75, 3.05) is 5.32 Å². The lowest BCUT2D eigenvalue weighted by Gasteiger charge is -2.04. The highest BCUT2D eigenvalue weighted by Crippen LogP contribution is 2.30. The summed E-state index contributed by atoms with van der Waals surface area (Å²) >= 11 is 0. The number of nitrogens with zero attached hydrogens (tertiary/aromatic N) is 4. The zero-order chi connectivity index (χ0) is 19.6. The summed E-state index contributed by atoms with van der Waals surface area (Å²) in [7, 11) is 0. The minimum absolute atomic E-state index is 0.00668. The molecule has 0 atom stereocenters. The molecule has 4 aromatic rings. The lowest BCUT2D eigenvalue weighted by atomic mass is 10.1. The van der Waals surface area contributed by atoms with Crippen LogP contribution in [0.25, 0.3) is 29.1 Å². The van der Waals surface area contributed by atoms with Gasteiger partial charge in [-0.25, -0.2) is 4.52 Å². The number of amides is 1. The maximum Gasteiger partial charge on any atom is 0.249 e. The summed E-state index contributed by atoms with van der Waals surface area (Å²) in [5, 5.41) is 7.31. The molecule has 0 saturated heterocycles. The van der Waals surface area contributed by atoms with E-state index in [-0.39, 0.29) is 11.8 Å². The van der Waals surface area contributed by atoms with Crippen molar-refractivity contribution in [3.8, 4) is 11.3 Å². The molecule has 142 valence electrons. The maximum atomic E-state index is 12.0. The molecule has 5 rings (SSSR count). The molecule has 1 saturated carbocycles. The number of hydrogen-bond donors (Lipinski definition) is 1. The van der Waals surface area contributed by atoms with Crippen LogP contribution >= 0.6 is 0 Å². The fourth-order valence-electron chi connectivity index (χ4n) is 3.17. The maximum absolute atomic E-state index is 12.0. The predicted octanol–water partition coefficient (Wildman–Crippen LogP) is 4.31. The van der Waals surface area contributed by atoms with Crippen molar-refractivity contribution in [1.82, 2.24) is 19.6 Å². The van der Waals surface area contributed by atoms with Crippen molar-refractivity contribution in [3.63, 3.8) is 0 Å². The molecule has 0 aliphatic heterocycles. The van der Waals surface area contributed by atoms with Gasteiger partial charge in [0.2, 0.25) is 11.9 Å². The number of pyridine rings is 2. The van der Waals surface area contributed by atoms with E-state index in [0.717, 1.165) is 35.2 Å². The van der Waals surface area contributed by atoms with E-state index >= 15 is 0 Å². The van der Waals surface area contributed by atoms with Crippen molar-refractivity contribution in [1.29, 1.82) is 0 Å². The highest BCUT2D eigenvalue weighted by atomic mass is 16.2. The Morgan fingerprint density at radius 2 is 1.83 bits per heavy atom. The van der Waals surface area contributed by atoms with Crippen molar-refractivity contribution < 1.29 is 4.79 Å². The SMILES string of the molecule is O=C(Nc1nc2cccc(-c3ccc(/C=C/c4cccnc4)cc3)n2n1)C1CC1. The van der Waals surface area contributed by atoms with Crippen LogP contribution in [0.1, 0.15) is 24.0 Å². The van der Waals surface area contributed by atoms with Crippen LogP contribution in [0.15, 0.2) is 67.0 Å². The van der Waals surface area contributed by atoms with Gasteiger partial charge in [-0.2, -0.15) is 4.98 Å². The Morgan fingerprint density at radius 1 is 1.00 bits per heavy atom. The fraction of sp³-hybridized carbons (Fsp3) is 0.130. The second-order valence-electron chi connectivity index (χ2n) is 7.12. The molecule has 1 fully saturated rings.